The molecular weight excluding hydrogens is 406 g/mol. The van der Waals surface area contributed by atoms with Crippen LogP contribution >= 0.6 is 46.5 Å². The number of carbonyl (C=O) groups is 1. The Balaban J connectivity index is 1.46. The summed E-state index contributed by atoms with van der Waals surface area (Å²) in [5.74, 6) is 2.20. The molecule has 4 nitrogen and oxygen atoms in total. The first-order valence-corrected chi connectivity index (χ1v) is 11.5. The van der Waals surface area contributed by atoms with Crippen LogP contribution in [0.2, 0.25) is 5.15 Å². The van der Waals surface area contributed by atoms with Crippen molar-refractivity contribution in [1.29, 1.82) is 0 Å². The number of halogens is 1. The van der Waals surface area contributed by atoms with Gasteiger partial charge in [-0.3, -0.25) is 9.20 Å². The van der Waals surface area contributed by atoms with Crippen LogP contribution in [-0.4, -0.2) is 26.8 Å². The highest BCUT2D eigenvalue weighted by Crippen LogP contribution is 2.44. The van der Waals surface area contributed by atoms with Gasteiger partial charge in [-0.15, -0.1) is 34.9 Å². The maximum absolute atomic E-state index is 12.3. The van der Waals surface area contributed by atoms with E-state index in [0.29, 0.717) is 15.4 Å². The van der Waals surface area contributed by atoms with Crippen LogP contribution in [0.5, 0.6) is 0 Å². The topological polar surface area (TPSA) is 46.4 Å². The van der Waals surface area contributed by atoms with Crippen LogP contribution in [0.4, 0.5) is 5.69 Å². The zero-order chi connectivity index (χ0) is 17.9. The summed E-state index contributed by atoms with van der Waals surface area (Å²) in [4.78, 5) is 17.4. The number of nitrogens with zero attached hydrogens (tertiary/aromatic N) is 2. The standard InChI is InChI=1S/C18H16ClN3OS3/c19-16-14(22-7-10-26-18(22)21-16)5-6-15(23)20-13-4-1-3-12(11-13)17-24-8-2-9-25-17/h1,3-7,10-11,17H,2,8-9H2,(H,20,23)/b6-5+. The van der Waals surface area contributed by atoms with Gasteiger partial charge in [0.05, 0.1) is 10.3 Å². The van der Waals surface area contributed by atoms with Crippen molar-refractivity contribution in [3.63, 3.8) is 0 Å². The molecule has 1 aliphatic heterocycles. The van der Waals surface area contributed by atoms with Gasteiger partial charge >= 0.3 is 0 Å². The summed E-state index contributed by atoms with van der Waals surface area (Å²) < 4.78 is 2.32. The van der Waals surface area contributed by atoms with Gasteiger partial charge in [-0.2, -0.15) is 0 Å². The molecular formula is C18H16ClN3OS3. The lowest BCUT2D eigenvalue weighted by Crippen LogP contribution is -2.08. The van der Waals surface area contributed by atoms with Gasteiger partial charge in [-0.25, -0.2) is 4.98 Å². The summed E-state index contributed by atoms with van der Waals surface area (Å²) in [5, 5.41) is 5.26. The van der Waals surface area contributed by atoms with E-state index in [4.69, 9.17) is 11.6 Å². The van der Waals surface area contributed by atoms with Crippen molar-refractivity contribution in [2.45, 2.75) is 11.0 Å². The van der Waals surface area contributed by atoms with E-state index in [0.717, 1.165) is 10.6 Å². The predicted octanol–water partition coefficient (Wildman–Crippen LogP) is 5.57. The lowest BCUT2D eigenvalue weighted by Gasteiger charge is -2.21. The van der Waals surface area contributed by atoms with E-state index in [-0.39, 0.29) is 5.91 Å². The third kappa shape index (κ3) is 3.96. The van der Waals surface area contributed by atoms with Crippen LogP contribution in [0.3, 0.4) is 0 Å². The van der Waals surface area contributed by atoms with Gasteiger partial charge in [0.25, 0.3) is 0 Å². The average Bonchev–Trinajstić information content (AvgIpc) is 3.22. The molecule has 3 aromatic rings. The molecule has 0 saturated carbocycles. The summed E-state index contributed by atoms with van der Waals surface area (Å²) in [6.45, 7) is 0. The maximum atomic E-state index is 12.3. The minimum absolute atomic E-state index is 0.188. The molecule has 0 unspecified atom stereocenters. The van der Waals surface area contributed by atoms with Crippen molar-refractivity contribution in [2.75, 3.05) is 16.8 Å². The smallest absolute Gasteiger partial charge is 0.248 e. The molecule has 2 aromatic heterocycles. The Bertz CT molecular complexity index is 960. The molecule has 1 aliphatic rings. The molecule has 0 bridgehead atoms. The fraction of sp³-hybridized carbons (Fsp3) is 0.222. The lowest BCUT2D eigenvalue weighted by atomic mass is 10.2. The van der Waals surface area contributed by atoms with E-state index in [1.165, 1.54) is 40.9 Å². The molecule has 1 amide bonds. The van der Waals surface area contributed by atoms with Crippen LogP contribution in [0.25, 0.3) is 11.0 Å². The summed E-state index contributed by atoms with van der Waals surface area (Å²) in [6.07, 6.45) is 6.34. The number of aromatic nitrogens is 2. The minimum atomic E-state index is -0.188. The third-order valence-electron chi connectivity index (χ3n) is 3.90. The first-order valence-electron chi connectivity index (χ1n) is 8.14. The Morgan fingerprint density at radius 3 is 3.04 bits per heavy atom. The van der Waals surface area contributed by atoms with Crippen LogP contribution in [0, 0.1) is 0 Å². The lowest BCUT2D eigenvalue weighted by molar-refractivity contribution is -0.111. The fourth-order valence-electron chi connectivity index (χ4n) is 2.71. The van der Waals surface area contributed by atoms with Crippen molar-refractivity contribution in [3.8, 4) is 0 Å². The van der Waals surface area contributed by atoms with Gasteiger partial charge in [-0.05, 0) is 41.7 Å². The Hall–Kier alpha value is -1.41. The van der Waals surface area contributed by atoms with Crippen molar-refractivity contribution in [3.05, 3.63) is 58.3 Å². The minimum Gasteiger partial charge on any atom is -0.323 e. The first-order chi connectivity index (χ1) is 12.7. The maximum Gasteiger partial charge on any atom is 0.248 e. The summed E-state index contributed by atoms with van der Waals surface area (Å²) in [6, 6.07) is 8.09. The number of imidazole rings is 1. The van der Waals surface area contributed by atoms with E-state index < -0.39 is 0 Å². The number of hydrogen-bond donors (Lipinski definition) is 1. The van der Waals surface area contributed by atoms with Crippen LogP contribution in [0.1, 0.15) is 22.3 Å². The van der Waals surface area contributed by atoms with Crippen molar-refractivity contribution >= 4 is 69.1 Å². The first kappa shape index (κ1) is 18.0. The second-order valence-corrected chi connectivity index (χ2v) is 9.67. The number of nitrogens with one attached hydrogen (secondary N) is 1. The van der Waals surface area contributed by atoms with Crippen LogP contribution < -0.4 is 5.32 Å². The summed E-state index contributed by atoms with van der Waals surface area (Å²) in [7, 11) is 0. The second kappa shape index (κ2) is 8.08. The highest BCUT2D eigenvalue weighted by molar-refractivity contribution is 8.16. The molecule has 1 fully saturated rings. The van der Waals surface area contributed by atoms with Gasteiger partial charge in [0.1, 0.15) is 0 Å². The van der Waals surface area contributed by atoms with E-state index in [1.54, 1.807) is 6.08 Å². The second-order valence-electron chi connectivity index (χ2n) is 5.72. The van der Waals surface area contributed by atoms with Crippen LogP contribution in [0.15, 0.2) is 41.9 Å². The Labute approximate surface area is 169 Å². The Kier molecular flexibility index (Phi) is 5.59. The number of carbonyl (C=O) groups excluding carboxylic acids is 1. The number of amides is 1. The van der Waals surface area contributed by atoms with Gasteiger partial charge in [0, 0.05) is 23.3 Å². The predicted molar refractivity (Wildman–Crippen MR) is 114 cm³/mol. The normalized spacial score (nSPS) is 15.7. The molecule has 1 N–H and O–H groups in total. The van der Waals surface area contributed by atoms with E-state index in [2.05, 4.69) is 22.4 Å². The quantitative estimate of drug-likeness (QED) is 0.559. The summed E-state index contributed by atoms with van der Waals surface area (Å²) >= 11 is 11.6. The van der Waals surface area contributed by atoms with E-state index >= 15 is 0 Å². The van der Waals surface area contributed by atoms with Gasteiger partial charge in [-0.1, -0.05) is 23.7 Å². The summed E-state index contributed by atoms with van der Waals surface area (Å²) in [5.41, 5.74) is 2.77. The molecule has 0 aliphatic carbocycles. The molecule has 4 rings (SSSR count). The van der Waals surface area contributed by atoms with Crippen LogP contribution in [-0.2, 0) is 4.79 Å². The Morgan fingerprint density at radius 2 is 2.19 bits per heavy atom. The highest BCUT2D eigenvalue weighted by Gasteiger charge is 2.17. The molecule has 1 saturated heterocycles. The number of thioether (sulfide) groups is 2. The Morgan fingerprint density at radius 1 is 1.35 bits per heavy atom. The number of rotatable bonds is 4. The van der Waals surface area contributed by atoms with E-state index in [1.807, 2.05) is 51.6 Å². The zero-order valence-corrected chi connectivity index (χ0v) is 16.9. The molecule has 8 heteroatoms. The number of anilines is 1. The van der Waals surface area contributed by atoms with Crippen molar-refractivity contribution in [2.24, 2.45) is 0 Å². The fourth-order valence-corrected chi connectivity index (χ4v) is 6.59. The monoisotopic (exact) mass is 421 g/mol. The number of benzene rings is 1. The molecule has 1 aromatic carbocycles. The third-order valence-corrected chi connectivity index (χ3v) is 7.95. The molecule has 134 valence electrons. The molecule has 0 atom stereocenters. The van der Waals surface area contributed by atoms with Gasteiger partial charge in [0.2, 0.25) is 5.91 Å². The zero-order valence-electron chi connectivity index (χ0n) is 13.7. The van der Waals surface area contributed by atoms with Crippen molar-refractivity contribution < 1.29 is 4.79 Å². The average molecular weight is 422 g/mol. The van der Waals surface area contributed by atoms with Gasteiger partial charge < -0.3 is 5.32 Å². The number of thiazole rings is 1. The molecule has 0 radical (unpaired) electrons. The van der Waals surface area contributed by atoms with Gasteiger partial charge in [0.15, 0.2) is 10.1 Å². The molecule has 26 heavy (non-hydrogen) atoms. The molecule has 0 spiro atoms. The SMILES string of the molecule is O=C(/C=C/c1c(Cl)nc2sccn12)Nc1cccc(C2SCCCS2)c1. The largest absolute Gasteiger partial charge is 0.323 e. The van der Waals surface area contributed by atoms with E-state index in [9.17, 15) is 4.79 Å². The van der Waals surface area contributed by atoms with Crippen molar-refractivity contribution in [1.82, 2.24) is 9.38 Å². The number of hydrogen-bond acceptors (Lipinski definition) is 5. The number of fused-ring (bicyclic) bond motifs is 1. The molecule has 3 heterocycles. The highest BCUT2D eigenvalue weighted by atomic mass is 35.5.